The summed E-state index contributed by atoms with van der Waals surface area (Å²) in [5.74, 6) is 0.241. The van der Waals surface area contributed by atoms with Gasteiger partial charge in [-0.2, -0.15) is 0 Å². The largest absolute Gasteiger partial charge is 0.465 e. The first-order chi connectivity index (χ1) is 14.8. The molecule has 9 heteroatoms. The van der Waals surface area contributed by atoms with Crippen LogP contribution >= 0.6 is 0 Å². The van der Waals surface area contributed by atoms with Crippen LogP contribution < -0.4 is 14.7 Å². The third-order valence-electron chi connectivity index (χ3n) is 6.24. The number of hydrogen-bond donors (Lipinski definition) is 1. The van der Waals surface area contributed by atoms with E-state index in [4.69, 9.17) is 0 Å². The first-order valence-corrected chi connectivity index (χ1v) is 12.1. The van der Waals surface area contributed by atoms with Crippen molar-refractivity contribution in [2.75, 3.05) is 53.7 Å². The Morgan fingerprint density at radius 1 is 0.968 bits per heavy atom. The summed E-state index contributed by atoms with van der Waals surface area (Å²) in [7, 11) is -3.19. The Kier molecular flexibility index (Phi) is 4.58. The van der Waals surface area contributed by atoms with Crippen LogP contribution in [-0.2, 0) is 10.0 Å². The Bertz CT molecular complexity index is 1160. The molecule has 5 rings (SSSR count). The first kappa shape index (κ1) is 19.7. The highest BCUT2D eigenvalue weighted by Crippen LogP contribution is 2.39. The van der Waals surface area contributed by atoms with Crippen LogP contribution in [0.3, 0.4) is 0 Å². The van der Waals surface area contributed by atoms with E-state index in [0.717, 1.165) is 35.7 Å². The van der Waals surface area contributed by atoms with E-state index in [1.165, 1.54) is 15.5 Å². The third-order valence-corrected chi connectivity index (χ3v) is 7.35. The molecule has 0 saturated carbocycles. The summed E-state index contributed by atoms with van der Waals surface area (Å²) in [6.45, 7) is 3.05. The van der Waals surface area contributed by atoms with Gasteiger partial charge in [-0.3, -0.25) is 9.21 Å². The lowest BCUT2D eigenvalue weighted by atomic mass is 10.1. The van der Waals surface area contributed by atoms with Gasteiger partial charge < -0.3 is 14.9 Å². The smallest absolute Gasteiger partial charge is 0.411 e. The summed E-state index contributed by atoms with van der Waals surface area (Å²) >= 11 is 0. The maximum absolute atomic E-state index is 11.8. The molecule has 1 amide bonds. The van der Waals surface area contributed by atoms with E-state index in [2.05, 4.69) is 34.1 Å². The molecule has 1 unspecified atom stereocenters. The van der Waals surface area contributed by atoms with Crippen LogP contribution in [0.5, 0.6) is 0 Å². The number of fused-ring (bicyclic) bond motifs is 2. The van der Waals surface area contributed by atoms with Crippen LogP contribution in [0, 0.1) is 5.92 Å². The van der Waals surface area contributed by atoms with Crippen LogP contribution in [0.25, 0.3) is 0 Å². The molecule has 8 nitrogen and oxygen atoms in total. The topological polar surface area (TPSA) is 84.4 Å². The summed E-state index contributed by atoms with van der Waals surface area (Å²) in [6.07, 6.45) is 2.09. The Morgan fingerprint density at radius 2 is 1.65 bits per heavy atom. The van der Waals surface area contributed by atoms with Gasteiger partial charge >= 0.3 is 6.09 Å². The van der Waals surface area contributed by atoms with Gasteiger partial charge in [0.2, 0.25) is 10.0 Å². The second kappa shape index (κ2) is 7.19. The number of nitrogens with zero attached hydrogens (tertiary/aromatic N) is 4. The first-order valence-electron chi connectivity index (χ1n) is 10.2. The van der Waals surface area contributed by atoms with Crippen LogP contribution in [0.1, 0.15) is 0 Å². The zero-order valence-corrected chi connectivity index (χ0v) is 18.0. The van der Waals surface area contributed by atoms with Crippen LogP contribution in [-0.4, -0.2) is 62.9 Å². The summed E-state index contributed by atoms with van der Waals surface area (Å²) in [5.41, 5.74) is 4.85. The highest BCUT2D eigenvalue weighted by molar-refractivity contribution is 7.88. The number of carboxylic acid groups (broad SMARTS) is 1. The molecule has 1 N–H and O–H groups in total. The molecule has 0 bridgehead atoms. The van der Waals surface area contributed by atoms with E-state index >= 15 is 0 Å². The fourth-order valence-electron chi connectivity index (χ4n) is 4.67. The number of benzene rings is 2. The molecule has 31 heavy (non-hydrogen) atoms. The maximum Gasteiger partial charge on any atom is 0.411 e. The Hall–Kier alpha value is -3.20. The molecule has 3 aliphatic rings. The van der Waals surface area contributed by atoms with E-state index in [0.29, 0.717) is 25.3 Å². The fourth-order valence-corrected chi connectivity index (χ4v) is 5.45. The standard InChI is InChI=1S/C22H24N4O4S/c1-31(29,30)24-14-16-12-23(13-17(16)15-24)18-6-8-19(9-7-18)25-10-11-26(22(27)28)21-5-3-2-4-20(21)25/h2-9,14,17H,10-13,15H2,1H3,(H,27,28). The van der Waals surface area contributed by atoms with E-state index in [9.17, 15) is 18.3 Å². The van der Waals surface area contributed by atoms with Crippen molar-refractivity contribution >= 4 is 38.9 Å². The molecule has 1 saturated heterocycles. The highest BCUT2D eigenvalue weighted by Gasteiger charge is 2.36. The van der Waals surface area contributed by atoms with Gasteiger partial charge in [-0.15, -0.1) is 0 Å². The van der Waals surface area contributed by atoms with Gasteiger partial charge in [-0.25, -0.2) is 13.2 Å². The Balaban J connectivity index is 1.35. The van der Waals surface area contributed by atoms with Gasteiger partial charge in [-0.1, -0.05) is 12.1 Å². The van der Waals surface area contributed by atoms with Crippen molar-refractivity contribution in [1.29, 1.82) is 0 Å². The Labute approximate surface area is 181 Å². The molecule has 3 aliphatic heterocycles. The molecular weight excluding hydrogens is 416 g/mol. The van der Waals surface area contributed by atoms with E-state index < -0.39 is 16.1 Å². The fraction of sp³-hybridized carbons (Fsp3) is 0.318. The van der Waals surface area contributed by atoms with Crippen molar-refractivity contribution in [3.8, 4) is 0 Å². The molecule has 1 fully saturated rings. The van der Waals surface area contributed by atoms with Gasteiger partial charge in [0.1, 0.15) is 0 Å². The van der Waals surface area contributed by atoms with Gasteiger partial charge in [0.05, 0.1) is 17.6 Å². The van der Waals surface area contributed by atoms with E-state index in [1.54, 1.807) is 6.20 Å². The molecule has 0 radical (unpaired) electrons. The predicted octanol–water partition coefficient (Wildman–Crippen LogP) is 2.92. The van der Waals surface area contributed by atoms with Crippen molar-refractivity contribution < 1.29 is 18.3 Å². The number of carbonyl (C=O) groups is 1. The average Bonchev–Trinajstić information content (AvgIpc) is 3.32. The monoisotopic (exact) mass is 440 g/mol. The molecule has 2 aromatic rings. The number of amides is 1. The number of rotatable bonds is 3. The van der Waals surface area contributed by atoms with Crippen LogP contribution in [0.4, 0.5) is 27.5 Å². The Morgan fingerprint density at radius 3 is 2.29 bits per heavy atom. The zero-order valence-electron chi connectivity index (χ0n) is 17.2. The van der Waals surface area contributed by atoms with Gasteiger partial charge in [0.15, 0.2) is 0 Å². The third kappa shape index (κ3) is 3.48. The molecule has 0 spiro atoms. The quantitative estimate of drug-likeness (QED) is 0.790. The number of sulfonamides is 1. The minimum atomic E-state index is -3.19. The van der Waals surface area contributed by atoms with Gasteiger partial charge in [-0.05, 0) is 42.0 Å². The molecule has 162 valence electrons. The second-order valence-corrected chi connectivity index (χ2v) is 10.1. The SMILES string of the molecule is CS(=O)(=O)N1C=C2CN(c3ccc(N4CCN(C(=O)O)c5ccccc54)cc3)CC2C1. The molecule has 0 aliphatic carbocycles. The lowest BCUT2D eigenvalue weighted by Gasteiger charge is -2.36. The number of anilines is 4. The summed E-state index contributed by atoms with van der Waals surface area (Å²) in [4.78, 5) is 17.4. The lowest BCUT2D eigenvalue weighted by molar-refractivity contribution is 0.201. The molecule has 0 aromatic heterocycles. The van der Waals surface area contributed by atoms with Crippen molar-refractivity contribution in [2.24, 2.45) is 5.92 Å². The van der Waals surface area contributed by atoms with E-state index in [1.807, 2.05) is 24.3 Å². The van der Waals surface area contributed by atoms with Gasteiger partial charge in [0, 0.05) is 56.2 Å². The summed E-state index contributed by atoms with van der Waals surface area (Å²) < 4.78 is 25.0. The molecule has 3 heterocycles. The lowest BCUT2D eigenvalue weighted by Crippen LogP contribution is -2.41. The van der Waals surface area contributed by atoms with Crippen molar-refractivity contribution in [3.05, 3.63) is 60.3 Å². The van der Waals surface area contributed by atoms with Crippen LogP contribution in [0.2, 0.25) is 0 Å². The van der Waals surface area contributed by atoms with Crippen molar-refractivity contribution in [1.82, 2.24) is 4.31 Å². The normalized spacial score (nSPS) is 20.5. The number of hydrogen-bond acceptors (Lipinski definition) is 5. The average molecular weight is 441 g/mol. The summed E-state index contributed by atoms with van der Waals surface area (Å²) in [6, 6.07) is 15.8. The van der Waals surface area contributed by atoms with E-state index in [-0.39, 0.29) is 5.92 Å². The highest BCUT2D eigenvalue weighted by atomic mass is 32.2. The molecule has 1 atom stereocenters. The van der Waals surface area contributed by atoms with Crippen LogP contribution in [0.15, 0.2) is 60.3 Å². The predicted molar refractivity (Wildman–Crippen MR) is 121 cm³/mol. The van der Waals surface area contributed by atoms with Crippen molar-refractivity contribution in [2.45, 2.75) is 0 Å². The van der Waals surface area contributed by atoms with Gasteiger partial charge in [0.25, 0.3) is 0 Å². The molecule has 2 aromatic carbocycles. The number of para-hydroxylation sites is 2. The molecular formula is C22H24N4O4S. The van der Waals surface area contributed by atoms with Crippen molar-refractivity contribution in [3.63, 3.8) is 0 Å². The second-order valence-electron chi connectivity index (χ2n) is 8.21. The zero-order chi connectivity index (χ0) is 21.8. The minimum absolute atomic E-state index is 0.241. The minimum Gasteiger partial charge on any atom is -0.465 e. The summed E-state index contributed by atoms with van der Waals surface area (Å²) in [5, 5.41) is 9.49. The maximum atomic E-state index is 11.8.